The molecule has 18 heavy (non-hydrogen) atoms. The third-order valence-electron chi connectivity index (χ3n) is 3.62. The number of benzene rings is 1. The van der Waals surface area contributed by atoms with Crippen molar-refractivity contribution in [1.82, 2.24) is 0 Å². The highest BCUT2D eigenvalue weighted by Crippen LogP contribution is 2.61. The first-order valence-electron chi connectivity index (χ1n) is 6.26. The fourth-order valence-corrected chi connectivity index (χ4v) is 4.70. The Morgan fingerprint density at radius 2 is 1.78 bits per heavy atom. The smallest absolute Gasteiger partial charge is 0.238 e. The molecule has 0 saturated heterocycles. The Morgan fingerprint density at radius 1 is 1.17 bits per heavy atom. The van der Waals surface area contributed by atoms with Gasteiger partial charge in [-0.05, 0) is 18.4 Å². The van der Waals surface area contributed by atoms with Crippen molar-refractivity contribution in [3.05, 3.63) is 35.9 Å². The molecule has 1 saturated carbocycles. The molecule has 3 N–H and O–H groups in total. The molecule has 0 spiro atoms. The van der Waals surface area contributed by atoms with Crippen molar-refractivity contribution in [3.8, 4) is 0 Å². The maximum Gasteiger partial charge on any atom is 0.238 e. The minimum Gasteiger partial charge on any atom is -0.392 e. The Kier molecular flexibility index (Phi) is 4.23. The van der Waals surface area contributed by atoms with Gasteiger partial charge in [-0.15, -0.1) is 0 Å². The highest BCUT2D eigenvalue weighted by molar-refractivity contribution is 7.59. The lowest BCUT2D eigenvalue weighted by atomic mass is 9.97. The Morgan fingerprint density at radius 3 is 2.39 bits per heavy atom. The van der Waals surface area contributed by atoms with E-state index in [1.54, 1.807) is 30.3 Å². The van der Waals surface area contributed by atoms with Crippen LogP contribution in [0.1, 0.15) is 37.1 Å². The Hall–Kier alpha value is -0.670. The van der Waals surface area contributed by atoms with Gasteiger partial charge in [0.1, 0.15) is 0 Å². The van der Waals surface area contributed by atoms with Crippen molar-refractivity contribution < 1.29 is 19.7 Å². The Balaban J connectivity index is 2.22. The molecule has 0 aliphatic heterocycles. The van der Waals surface area contributed by atoms with E-state index in [4.69, 9.17) is 0 Å². The largest absolute Gasteiger partial charge is 0.392 e. The van der Waals surface area contributed by atoms with Crippen LogP contribution >= 0.6 is 7.37 Å². The fourth-order valence-electron chi connectivity index (χ4n) is 2.54. The van der Waals surface area contributed by atoms with Gasteiger partial charge >= 0.3 is 0 Å². The van der Waals surface area contributed by atoms with E-state index in [2.05, 4.69) is 0 Å². The van der Waals surface area contributed by atoms with E-state index in [-0.39, 0.29) is 0 Å². The summed E-state index contributed by atoms with van der Waals surface area (Å²) >= 11 is 0. The average Bonchev–Trinajstić information content (AvgIpc) is 2.39. The topological polar surface area (TPSA) is 77.8 Å². The van der Waals surface area contributed by atoms with Gasteiger partial charge in [-0.1, -0.05) is 43.2 Å². The highest BCUT2D eigenvalue weighted by Gasteiger charge is 2.43. The van der Waals surface area contributed by atoms with Crippen LogP contribution < -0.4 is 0 Å². The van der Waals surface area contributed by atoms with E-state index in [9.17, 15) is 19.7 Å². The number of hydrogen-bond donors (Lipinski definition) is 3. The predicted octanol–water partition coefficient (Wildman–Crippen LogP) is 2.25. The third kappa shape index (κ3) is 2.67. The summed E-state index contributed by atoms with van der Waals surface area (Å²) in [6.07, 6.45) is 1.95. The standard InChI is InChI=1S/C13H19O4P/c14-11-8-4-5-9-12(11)18(16,17)13(15)10-6-2-1-3-7-10/h1-3,6-7,11-15H,4-5,8-9H2,(H,16,17)/t11-,12+,13-/m0/s1. The maximum atomic E-state index is 12.4. The zero-order valence-corrected chi connectivity index (χ0v) is 11.0. The second kappa shape index (κ2) is 5.54. The van der Waals surface area contributed by atoms with E-state index in [0.717, 1.165) is 12.8 Å². The number of hydrogen-bond acceptors (Lipinski definition) is 3. The Labute approximate surface area is 107 Å². The Bertz CT molecular complexity index is 434. The van der Waals surface area contributed by atoms with Gasteiger partial charge in [0.2, 0.25) is 7.37 Å². The van der Waals surface area contributed by atoms with E-state index in [1.165, 1.54) is 0 Å². The van der Waals surface area contributed by atoms with E-state index in [0.29, 0.717) is 18.4 Å². The van der Waals surface area contributed by atoms with Crippen LogP contribution in [-0.4, -0.2) is 26.9 Å². The summed E-state index contributed by atoms with van der Waals surface area (Å²) in [5, 5.41) is 20.0. The number of aliphatic hydroxyl groups excluding tert-OH is 2. The van der Waals surface area contributed by atoms with Gasteiger partial charge in [-0.3, -0.25) is 4.57 Å². The fraction of sp³-hybridized carbons (Fsp3) is 0.538. The molecule has 1 fully saturated rings. The van der Waals surface area contributed by atoms with Gasteiger partial charge in [0.15, 0.2) is 5.85 Å². The molecule has 0 amide bonds. The van der Waals surface area contributed by atoms with Crippen molar-refractivity contribution >= 4 is 7.37 Å². The molecule has 2 rings (SSSR count). The molecule has 1 unspecified atom stereocenters. The molecule has 4 nitrogen and oxygen atoms in total. The lowest BCUT2D eigenvalue weighted by Gasteiger charge is -2.33. The minimum absolute atomic E-state index is 0.432. The van der Waals surface area contributed by atoms with Crippen LogP contribution in [0.15, 0.2) is 30.3 Å². The monoisotopic (exact) mass is 270 g/mol. The second-order valence-corrected chi connectivity index (χ2v) is 7.37. The second-order valence-electron chi connectivity index (χ2n) is 4.88. The molecule has 1 aliphatic rings. The predicted molar refractivity (Wildman–Crippen MR) is 69.5 cm³/mol. The maximum absolute atomic E-state index is 12.4. The summed E-state index contributed by atoms with van der Waals surface area (Å²) < 4.78 is 12.4. The van der Waals surface area contributed by atoms with Crippen LogP contribution in [-0.2, 0) is 4.57 Å². The quantitative estimate of drug-likeness (QED) is 0.736. The van der Waals surface area contributed by atoms with Crippen molar-refractivity contribution in [3.63, 3.8) is 0 Å². The first-order chi connectivity index (χ1) is 8.53. The summed E-state index contributed by atoms with van der Waals surface area (Å²) in [7, 11) is -3.83. The van der Waals surface area contributed by atoms with Gasteiger partial charge in [0.05, 0.1) is 11.8 Å². The number of aliphatic hydroxyl groups is 2. The van der Waals surface area contributed by atoms with Crippen LogP contribution in [0.5, 0.6) is 0 Å². The third-order valence-corrected chi connectivity index (χ3v) is 6.17. The van der Waals surface area contributed by atoms with Gasteiger partial charge < -0.3 is 15.1 Å². The normalized spacial score (nSPS) is 29.5. The summed E-state index contributed by atoms with van der Waals surface area (Å²) in [5.74, 6) is -1.41. The highest BCUT2D eigenvalue weighted by atomic mass is 31.2. The molecular formula is C13H19O4P. The summed E-state index contributed by atoms with van der Waals surface area (Å²) in [4.78, 5) is 10.2. The molecule has 1 aliphatic carbocycles. The zero-order chi connectivity index (χ0) is 13.2. The van der Waals surface area contributed by atoms with Crippen molar-refractivity contribution in [1.29, 1.82) is 0 Å². The summed E-state index contributed by atoms with van der Waals surface area (Å²) in [5.41, 5.74) is -0.275. The SMILES string of the molecule is O=P(O)([C@H](O)c1ccccc1)[C@@H]1CCCC[C@@H]1O. The van der Waals surface area contributed by atoms with E-state index < -0.39 is 25.0 Å². The van der Waals surface area contributed by atoms with Crippen LogP contribution in [0.25, 0.3) is 0 Å². The van der Waals surface area contributed by atoms with E-state index >= 15 is 0 Å². The molecule has 100 valence electrons. The van der Waals surface area contributed by atoms with Crippen molar-refractivity contribution in [2.75, 3.05) is 0 Å². The molecule has 1 aromatic carbocycles. The minimum atomic E-state index is -3.83. The molecule has 5 heteroatoms. The average molecular weight is 270 g/mol. The zero-order valence-electron chi connectivity index (χ0n) is 10.1. The van der Waals surface area contributed by atoms with Crippen LogP contribution in [0.2, 0.25) is 0 Å². The number of rotatable bonds is 3. The summed E-state index contributed by atoms with van der Waals surface area (Å²) in [6.45, 7) is 0. The van der Waals surface area contributed by atoms with E-state index in [1.807, 2.05) is 0 Å². The van der Waals surface area contributed by atoms with Crippen LogP contribution in [0.3, 0.4) is 0 Å². The van der Waals surface area contributed by atoms with Gasteiger partial charge in [-0.2, -0.15) is 0 Å². The van der Waals surface area contributed by atoms with Gasteiger partial charge in [0, 0.05) is 0 Å². The molecule has 1 aromatic rings. The van der Waals surface area contributed by atoms with Crippen molar-refractivity contribution in [2.24, 2.45) is 0 Å². The van der Waals surface area contributed by atoms with Gasteiger partial charge in [-0.25, -0.2) is 0 Å². The van der Waals surface area contributed by atoms with Crippen molar-refractivity contribution in [2.45, 2.75) is 43.3 Å². The van der Waals surface area contributed by atoms with Gasteiger partial charge in [0.25, 0.3) is 0 Å². The first-order valence-corrected chi connectivity index (χ1v) is 8.06. The lowest BCUT2D eigenvalue weighted by Crippen LogP contribution is -2.31. The molecule has 0 heterocycles. The lowest BCUT2D eigenvalue weighted by molar-refractivity contribution is 0.122. The first kappa shape index (κ1) is 13.8. The van der Waals surface area contributed by atoms with Crippen LogP contribution in [0, 0.1) is 0 Å². The molecular weight excluding hydrogens is 251 g/mol. The summed E-state index contributed by atoms with van der Waals surface area (Å²) in [6, 6.07) is 8.48. The molecule has 0 radical (unpaired) electrons. The molecule has 4 atom stereocenters. The van der Waals surface area contributed by atoms with Crippen LogP contribution in [0.4, 0.5) is 0 Å². The molecule has 0 aromatic heterocycles. The molecule has 0 bridgehead atoms.